The fourth-order valence-corrected chi connectivity index (χ4v) is 2.00. The average molecular weight is 233 g/mol. The van der Waals surface area contributed by atoms with Gasteiger partial charge in [0.1, 0.15) is 0 Å². The van der Waals surface area contributed by atoms with Gasteiger partial charge in [-0.3, -0.25) is 14.2 Å². The molecular formula is C12H15N3O2. The first kappa shape index (κ1) is 11.6. The number of carbonyl (C=O) groups is 1. The molecule has 1 aliphatic rings. The quantitative estimate of drug-likeness (QED) is 0.692. The summed E-state index contributed by atoms with van der Waals surface area (Å²) in [5.74, 6) is -0.114. The minimum absolute atomic E-state index is 0.0169. The van der Waals surface area contributed by atoms with Crippen LogP contribution in [0, 0.1) is 0 Å². The molecule has 17 heavy (non-hydrogen) atoms. The molecule has 2 heterocycles. The Bertz CT molecular complexity index is 519. The van der Waals surface area contributed by atoms with Gasteiger partial charge in [0.25, 0.3) is 5.56 Å². The van der Waals surface area contributed by atoms with E-state index in [0.717, 1.165) is 5.56 Å². The summed E-state index contributed by atoms with van der Waals surface area (Å²) >= 11 is 0. The first-order chi connectivity index (χ1) is 8.17. The molecule has 0 radical (unpaired) electrons. The Balaban J connectivity index is 2.35. The number of fused-ring (bicyclic) bond motifs is 1. The molecule has 5 nitrogen and oxygen atoms in total. The van der Waals surface area contributed by atoms with Crippen molar-refractivity contribution in [1.82, 2.24) is 14.5 Å². The summed E-state index contributed by atoms with van der Waals surface area (Å²) in [5, 5.41) is 0. The highest BCUT2D eigenvalue weighted by molar-refractivity contribution is 5.87. The molecule has 5 heteroatoms. The summed E-state index contributed by atoms with van der Waals surface area (Å²) in [6.45, 7) is 6.95. The first-order valence-corrected chi connectivity index (χ1v) is 5.66. The number of aryl methyl sites for hydroxylation is 1. The minimum atomic E-state index is -0.114. The van der Waals surface area contributed by atoms with Crippen molar-refractivity contribution < 1.29 is 4.79 Å². The number of hydrogen-bond donors (Lipinski definition) is 0. The minimum Gasteiger partial charge on any atom is -0.333 e. The van der Waals surface area contributed by atoms with E-state index in [4.69, 9.17) is 0 Å². The smallest absolute Gasteiger partial charge is 0.256 e. The van der Waals surface area contributed by atoms with Crippen LogP contribution in [0.4, 0.5) is 0 Å². The molecule has 90 valence electrons. The number of amides is 1. The van der Waals surface area contributed by atoms with E-state index in [1.165, 1.54) is 6.08 Å². The summed E-state index contributed by atoms with van der Waals surface area (Å²) in [6, 6.07) is 0. The molecule has 0 fully saturated rings. The van der Waals surface area contributed by atoms with Gasteiger partial charge in [0.15, 0.2) is 0 Å². The van der Waals surface area contributed by atoms with Gasteiger partial charge in [-0.15, -0.1) is 0 Å². The van der Waals surface area contributed by atoms with Crippen LogP contribution in [0.2, 0.25) is 0 Å². The summed E-state index contributed by atoms with van der Waals surface area (Å²) in [7, 11) is 0. The van der Waals surface area contributed by atoms with E-state index >= 15 is 0 Å². The van der Waals surface area contributed by atoms with Crippen molar-refractivity contribution in [3.63, 3.8) is 0 Å². The second-order valence-electron chi connectivity index (χ2n) is 3.97. The van der Waals surface area contributed by atoms with Crippen LogP contribution in [0.25, 0.3) is 0 Å². The van der Waals surface area contributed by atoms with Crippen LogP contribution in [0.1, 0.15) is 18.2 Å². The number of carbonyl (C=O) groups excluding carboxylic acids is 1. The molecule has 0 aliphatic carbocycles. The molecule has 0 saturated carbocycles. The van der Waals surface area contributed by atoms with Crippen LogP contribution in [0.3, 0.4) is 0 Å². The highest BCUT2D eigenvalue weighted by Crippen LogP contribution is 2.13. The Morgan fingerprint density at radius 2 is 2.41 bits per heavy atom. The van der Waals surface area contributed by atoms with Crippen molar-refractivity contribution in [2.45, 2.75) is 26.4 Å². The molecule has 1 aliphatic heterocycles. The van der Waals surface area contributed by atoms with Crippen LogP contribution < -0.4 is 5.56 Å². The Morgan fingerprint density at radius 3 is 3.06 bits per heavy atom. The monoisotopic (exact) mass is 233 g/mol. The fourth-order valence-electron chi connectivity index (χ4n) is 2.00. The number of hydrogen-bond acceptors (Lipinski definition) is 3. The van der Waals surface area contributed by atoms with E-state index in [1.807, 2.05) is 6.92 Å². The van der Waals surface area contributed by atoms with Gasteiger partial charge in [0.05, 0.1) is 18.6 Å². The third kappa shape index (κ3) is 2.00. The van der Waals surface area contributed by atoms with Gasteiger partial charge in [-0.1, -0.05) is 6.58 Å². The lowest BCUT2D eigenvalue weighted by Crippen LogP contribution is -2.39. The first-order valence-electron chi connectivity index (χ1n) is 5.66. The maximum absolute atomic E-state index is 12.0. The second kappa shape index (κ2) is 4.53. The van der Waals surface area contributed by atoms with Crippen LogP contribution >= 0.6 is 0 Å². The summed E-state index contributed by atoms with van der Waals surface area (Å²) in [6.07, 6.45) is 3.41. The Kier molecular flexibility index (Phi) is 3.08. The lowest BCUT2D eigenvalue weighted by Gasteiger charge is -2.26. The lowest BCUT2D eigenvalue weighted by atomic mass is 10.1. The molecule has 0 unspecified atom stereocenters. The van der Waals surface area contributed by atoms with Gasteiger partial charge in [-0.05, 0) is 19.4 Å². The maximum atomic E-state index is 12.0. The van der Waals surface area contributed by atoms with Gasteiger partial charge in [-0.2, -0.15) is 0 Å². The summed E-state index contributed by atoms with van der Waals surface area (Å²) in [4.78, 5) is 29.4. The van der Waals surface area contributed by atoms with E-state index in [0.29, 0.717) is 31.7 Å². The van der Waals surface area contributed by atoms with Gasteiger partial charge in [0, 0.05) is 18.7 Å². The van der Waals surface area contributed by atoms with Crippen LogP contribution in [-0.4, -0.2) is 26.9 Å². The molecule has 0 aromatic carbocycles. The highest BCUT2D eigenvalue weighted by Gasteiger charge is 2.22. The van der Waals surface area contributed by atoms with Crippen LogP contribution in [0.15, 0.2) is 23.8 Å². The fraction of sp³-hybridized carbons (Fsp3) is 0.417. The van der Waals surface area contributed by atoms with E-state index < -0.39 is 0 Å². The predicted octanol–water partition coefficient (Wildman–Crippen LogP) is 0.334. The molecule has 2 rings (SSSR count). The van der Waals surface area contributed by atoms with Crippen LogP contribution in [0.5, 0.6) is 0 Å². The highest BCUT2D eigenvalue weighted by atomic mass is 16.2. The zero-order valence-electron chi connectivity index (χ0n) is 9.85. The molecular weight excluding hydrogens is 218 g/mol. The van der Waals surface area contributed by atoms with E-state index in [1.54, 1.807) is 15.8 Å². The standard InChI is InChI=1S/C12H15N3O2/c1-3-11(16)15-6-5-9-10(7-15)13-8-14(4-2)12(9)17/h3,8H,1,4-7H2,2H3. The molecule has 0 N–H and O–H groups in total. The number of aromatic nitrogens is 2. The number of rotatable bonds is 2. The molecule has 1 amide bonds. The summed E-state index contributed by atoms with van der Waals surface area (Å²) < 4.78 is 1.59. The predicted molar refractivity (Wildman–Crippen MR) is 63.5 cm³/mol. The van der Waals surface area contributed by atoms with Gasteiger partial charge >= 0.3 is 0 Å². The zero-order valence-corrected chi connectivity index (χ0v) is 9.85. The van der Waals surface area contributed by atoms with Gasteiger partial charge in [0.2, 0.25) is 5.91 Å². The molecule has 0 saturated heterocycles. The van der Waals surface area contributed by atoms with E-state index in [2.05, 4.69) is 11.6 Å². The number of nitrogens with zero attached hydrogens (tertiary/aromatic N) is 3. The van der Waals surface area contributed by atoms with Crippen molar-refractivity contribution >= 4 is 5.91 Å². The van der Waals surface area contributed by atoms with Gasteiger partial charge in [-0.25, -0.2) is 4.98 Å². The van der Waals surface area contributed by atoms with Crippen molar-refractivity contribution in [1.29, 1.82) is 0 Å². The Hall–Kier alpha value is -1.91. The topological polar surface area (TPSA) is 55.2 Å². The Labute approximate surface area is 99.4 Å². The second-order valence-corrected chi connectivity index (χ2v) is 3.97. The van der Waals surface area contributed by atoms with E-state index in [9.17, 15) is 9.59 Å². The normalized spacial score (nSPS) is 14.3. The largest absolute Gasteiger partial charge is 0.333 e. The third-order valence-electron chi connectivity index (χ3n) is 3.02. The summed E-state index contributed by atoms with van der Waals surface area (Å²) in [5.41, 5.74) is 1.46. The third-order valence-corrected chi connectivity index (χ3v) is 3.02. The molecule has 0 bridgehead atoms. The maximum Gasteiger partial charge on any atom is 0.256 e. The molecule has 0 spiro atoms. The van der Waals surface area contributed by atoms with E-state index in [-0.39, 0.29) is 11.5 Å². The SMILES string of the molecule is C=CC(=O)N1CCc2c(ncn(CC)c2=O)C1. The van der Waals surface area contributed by atoms with Crippen molar-refractivity contribution in [3.8, 4) is 0 Å². The lowest BCUT2D eigenvalue weighted by molar-refractivity contribution is -0.126. The molecule has 1 aromatic rings. The zero-order chi connectivity index (χ0) is 12.4. The van der Waals surface area contributed by atoms with Crippen molar-refractivity contribution in [2.75, 3.05) is 6.54 Å². The Morgan fingerprint density at radius 1 is 1.65 bits per heavy atom. The van der Waals surface area contributed by atoms with Crippen LogP contribution in [-0.2, 0) is 24.3 Å². The molecule has 1 aromatic heterocycles. The average Bonchev–Trinajstić information content (AvgIpc) is 2.38. The van der Waals surface area contributed by atoms with Crippen molar-refractivity contribution in [2.24, 2.45) is 0 Å². The van der Waals surface area contributed by atoms with Gasteiger partial charge < -0.3 is 4.90 Å². The molecule has 0 atom stereocenters. The van der Waals surface area contributed by atoms with Crippen molar-refractivity contribution in [3.05, 3.63) is 40.6 Å².